The van der Waals surface area contributed by atoms with Gasteiger partial charge in [0.15, 0.2) is 0 Å². The van der Waals surface area contributed by atoms with Crippen molar-refractivity contribution in [2.45, 2.75) is 19.1 Å². The summed E-state index contributed by atoms with van der Waals surface area (Å²) in [4.78, 5) is 23.1. The highest BCUT2D eigenvalue weighted by atomic mass is 19.4. The number of carbonyl (C=O) groups is 1. The number of hydrogen-bond acceptors (Lipinski definition) is 4. The van der Waals surface area contributed by atoms with Crippen LogP contribution in [-0.2, 0) is 17.8 Å². The third-order valence-corrected chi connectivity index (χ3v) is 3.18. The highest BCUT2D eigenvalue weighted by Gasteiger charge is 2.34. The Morgan fingerprint density at radius 1 is 1.21 bits per heavy atom. The summed E-state index contributed by atoms with van der Waals surface area (Å²) in [5.74, 6) is -0.687. The summed E-state index contributed by atoms with van der Waals surface area (Å²) in [5.41, 5.74) is -0.255. The molecule has 0 unspecified atom stereocenters. The van der Waals surface area contributed by atoms with Crippen LogP contribution in [0.15, 0.2) is 47.1 Å². The molecule has 9 heteroatoms. The first-order chi connectivity index (χ1) is 11.3. The zero-order valence-electron chi connectivity index (χ0n) is 12.3. The van der Waals surface area contributed by atoms with Gasteiger partial charge in [-0.25, -0.2) is 0 Å². The number of nitro groups is 1. The molecule has 0 aliphatic rings. The molecular weight excluding hydrogens is 329 g/mol. The van der Waals surface area contributed by atoms with Gasteiger partial charge in [0.2, 0.25) is 5.91 Å². The van der Waals surface area contributed by atoms with Crippen molar-refractivity contribution in [1.29, 1.82) is 0 Å². The van der Waals surface area contributed by atoms with E-state index in [1.165, 1.54) is 42.7 Å². The SMILES string of the molecule is O=C(Cc1ccccc1[N+](=O)[O-])N(Cc1ccco1)CC(F)(F)F. The number of alkyl halides is 3. The predicted octanol–water partition coefficient (Wildman–Crippen LogP) is 3.32. The minimum Gasteiger partial charge on any atom is -0.467 e. The monoisotopic (exact) mass is 342 g/mol. The average molecular weight is 342 g/mol. The Morgan fingerprint density at radius 3 is 2.50 bits per heavy atom. The van der Waals surface area contributed by atoms with Crippen molar-refractivity contribution in [2.75, 3.05) is 6.54 Å². The van der Waals surface area contributed by atoms with E-state index in [9.17, 15) is 28.1 Å². The minimum atomic E-state index is -4.59. The minimum absolute atomic E-state index is 0.0547. The van der Waals surface area contributed by atoms with Gasteiger partial charge in [0, 0.05) is 11.6 Å². The molecular formula is C15H13F3N2O4. The van der Waals surface area contributed by atoms with Crippen molar-refractivity contribution in [1.82, 2.24) is 4.90 Å². The van der Waals surface area contributed by atoms with Crippen LogP contribution in [0.3, 0.4) is 0 Å². The molecule has 0 atom stereocenters. The molecule has 0 spiro atoms. The summed E-state index contributed by atoms with van der Waals surface area (Å²) in [7, 11) is 0. The molecule has 0 saturated heterocycles. The summed E-state index contributed by atoms with van der Waals surface area (Å²) >= 11 is 0. The molecule has 1 aromatic carbocycles. The number of rotatable bonds is 6. The van der Waals surface area contributed by atoms with Crippen LogP contribution >= 0.6 is 0 Å². The molecule has 0 N–H and O–H groups in total. The van der Waals surface area contributed by atoms with Gasteiger partial charge < -0.3 is 9.32 Å². The van der Waals surface area contributed by atoms with Crippen LogP contribution in [0.25, 0.3) is 0 Å². The number of halogens is 3. The van der Waals surface area contributed by atoms with E-state index in [-0.39, 0.29) is 23.6 Å². The van der Waals surface area contributed by atoms with Gasteiger partial charge in [-0.05, 0) is 12.1 Å². The Balaban J connectivity index is 2.20. The number of nitro benzene ring substituents is 1. The summed E-state index contributed by atoms with van der Waals surface area (Å²) < 4.78 is 43.1. The third-order valence-electron chi connectivity index (χ3n) is 3.18. The maximum atomic E-state index is 12.7. The second-order valence-corrected chi connectivity index (χ2v) is 5.01. The predicted molar refractivity (Wildman–Crippen MR) is 77.0 cm³/mol. The lowest BCUT2D eigenvalue weighted by Gasteiger charge is -2.23. The Hall–Kier alpha value is -2.84. The summed E-state index contributed by atoms with van der Waals surface area (Å²) in [6, 6.07) is 8.38. The molecule has 0 aliphatic heterocycles. The standard InChI is InChI=1S/C15H13F3N2O4/c16-15(17,18)10-19(9-12-5-3-7-24-12)14(21)8-11-4-1-2-6-13(11)20(22)23/h1-7H,8-10H2. The molecule has 24 heavy (non-hydrogen) atoms. The second kappa shape index (κ2) is 7.16. The highest BCUT2D eigenvalue weighted by molar-refractivity contribution is 5.80. The van der Waals surface area contributed by atoms with Crippen molar-refractivity contribution in [3.63, 3.8) is 0 Å². The molecule has 1 amide bonds. The number of nitrogens with zero attached hydrogens (tertiary/aromatic N) is 2. The maximum Gasteiger partial charge on any atom is 0.406 e. The first-order valence-electron chi connectivity index (χ1n) is 6.85. The highest BCUT2D eigenvalue weighted by Crippen LogP contribution is 2.22. The lowest BCUT2D eigenvalue weighted by atomic mass is 10.1. The van der Waals surface area contributed by atoms with Gasteiger partial charge in [0.1, 0.15) is 12.3 Å². The Kier molecular flexibility index (Phi) is 5.22. The van der Waals surface area contributed by atoms with Gasteiger partial charge in [-0.1, -0.05) is 18.2 Å². The van der Waals surface area contributed by atoms with Crippen LogP contribution in [-0.4, -0.2) is 28.5 Å². The maximum absolute atomic E-state index is 12.7. The van der Waals surface area contributed by atoms with E-state index in [1.54, 1.807) is 0 Å². The van der Waals surface area contributed by atoms with Crippen LogP contribution in [0.5, 0.6) is 0 Å². The summed E-state index contributed by atoms with van der Waals surface area (Å²) in [5, 5.41) is 10.9. The lowest BCUT2D eigenvalue weighted by molar-refractivity contribution is -0.385. The molecule has 0 bridgehead atoms. The van der Waals surface area contributed by atoms with Gasteiger partial charge in [0.05, 0.1) is 24.2 Å². The quantitative estimate of drug-likeness (QED) is 0.596. The lowest BCUT2D eigenvalue weighted by Crippen LogP contribution is -2.39. The van der Waals surface area contributed by atoms with Gasteiger partial charge in [-0.15, -0.1) is 0 Å². The van der Waals surface area contributed by atoms with Crippen LogP contribution in [0.2, 0.25) is 0 Å². The fraction of sp³-hybridized carbons (Fsp3) is 0.267. The van der Waals surface area contributed by atoms with E-state index < -0.39 is 30.0 Å². The molecule has 1 heterocycles. The smallest absolute Gasteiger partial charge is 0.406 e. The fourth-order valence-corrected chi connectivity index (χ4v) is 2.15. The van der Waals surface area contributed by atoms with E-state index in [0.29, 0.717) is 4.90 Å². The van der Waals surface area contributed by atoms with E-state index in [2.05, 4.69) is 0 Å². The second-order valence-electron chi connectivity index (χ2n) is 5.01. The number of carbonyl (C=O) groups excluding carboxylic acids is 1. The van der Waals surface area contributed by atoms with Crippen LogP contribution in [0.4, 0.5) is 18.9 Å². The van der Waals surface area contributed by atoms with Crippen LogP contribution in [0, 0.1) is 10.1 Å². The molecule has 0 saturated carbocycles. The van der Waals surface area contributed by atoms with E-state index >= 15 is 0 Å². The molecule has 2 aromatic rings. The molecule has 6 nitrogen and oxygen atoms in total. The Morgan fingerprint density at radius 2 is 1.92 bits per heavy atom. The van der Waals surface area contributed by atoms with Crippen molar-refractivity contribution in [2.24, 2.45) is 0 Å². The zero-order valence-corrected chi connectivity index (χ0v) is 12.3. The van der Waals surface area contributed by atoms with Gasteiger partial charge in [-0.3, -0.25) is 14.9 Å². The number of furan rings is 1. The van der Waals surface area contributed by atoms with Gasteiger partial charge >= 0.3 is 6.18 Å². The largest absolute Gasteiger partial charge is 0.467 e. The number of para-hydroxylation sites is 1. The molecule has 0 radical (unpaired) electrons. The van der Waals surface area contributed by atoms with Gasteiger partial charge in [-0.2, -0.15) is 13.2 Å². The molecule has 0 fully saturated rings. The average Bonchev–Trinajstić information content (AvgIpc) is 2.98. The number of amides is 1. The van der Waals surface area contributed by atoms with Crippen molar-refractivity contribution < 1.29 is 27.3 Å². The zero-order chi connectivity index (χ0) is 17.7. The first kappa shape index (κ1) is 17.5. The van der Waals surface area contributed by atoms with E-state index in [0.717, 1.165) is 0 Å². The van der Waals surface area contributed by atoms with Crippen molar-refractivity contribution in [3.8, 4) is 0 Å². The third kappa shape index (κ3) is 4.83. The Labute approximate surface area is 134 Å². The van der Waals surface area contributed by atoms with Crippen LogP contribution in [0.1, 0.15) is 11.3 Å². The summed E-state index contributed by atoms with van der Waals surface area (Å²) in [6.45, 7) is -1.83. The molecule has 0 aliphatic carbocycles. The Bertz CT molecular complexity index is 714. The number of benzene rings is 1. The molecule has 1 aromatic heterocycles. The molecule has 2 rings (SSSR count). The van der Waals surface area contributed by atoms with Crippen molar-refractivity contribution in [3.05, 3.63) is 64.1 Å². The fourth-order valence-electron chi connectivity index (χ4n) is 2.15. The van der Waals surface area contributed by atoms with E-state index in [1.807, 2.05) is 0 Å². The van der Waals surface area contributed by atoms with Crippen molar-refractivity contribution >= 4 is 11.6 Å². The first-order valence-corrected chi connectivity index (χ1v) is 6.85. The summed E-state index contributed by atoms with van der Waals surface area (Å²) in [6.07, 6.45) is -3.81. The van der Waals surface area contributed by atoms with Crippen LogP contribution < -0.4 is 0 Å². The van der Waals surface area contributed by atoms with E-state index in [4.69, 9.17) is 4.42 Å². The normalized spacial score (nSPS) is 11.3. The number of hydrogen-bond donors (Lipinski definition) is 0. The van der Waals surface area contributed by atoms with Gasteiger partial charge in [0.25, 0.3) is 5.69 Å². The molecule has 128 valence electrons. The topological polar surface area (TPSA) is 76.6 Å².